The van der Waals surface area contributed by atoms with E-state index in [9.17, 15) is 18.3 Å². The number of benzene rings is 2. The molecule has 0 saturated carbocycles. The Morgan fingerprint density at radius 2 is 1.48 bits per heavy atom. The van der Waals surface area contributed by atoms with Crippen molar-refractivity contribution < 1.29 is 18.3 Å². The van der Waals surface area contributed by atoms with Gasteiger partial charge in [-0.3, -0.25) is 4.79 Å². The van der Waals surface area contributed by atoms with Crippen molar-refractivity contribution in [1.82, 2.24) is 0 Å². The summed E-state index contributed by atoms with van der Waals surface area (Å²) in [5.41, 5.74) is 1.92. The van der Waals surface area contributed by atoms with E-state index in [1.54, 1.807) is 26.0 Å². The van der Waals surface area contributed by atoms with Crippen LogP contribution in [0.25, 0.3) is 11.1 Å². The van der Waals surface area contributed by atoms with E-state index in [4.69, 9.17) is 0 Å². The molecule has 2 aromatic carbocycles. The number of sulfone groups is 1. The molecule has 2 rings (SSSR count). The van der Waals surface area contributed by atoms with Gasteiger partial charge in [0.25, 0.3) is 0 Å². The van der Waals surface area contributed by atoms with Gasteiger partial charge in [0.1, 0.15) is 0 Å². The van der Waals surface area contributed by atoms with Crippen LogP contribution in [0.3, 0.4) is 0 Å². The predicted octanol–water partition coefficient (Wildman–Crippen LogP) is 3.48. The van der Waals surface area contributed by atoms with Gasteiger partial charge >= 0.3 is 5.97 Å². The summed E-state index contributed by atoms with van der Waals surface area (Å²) >= 11 is 0. The summed E-state index contributed by atoms with van der Waals surface area (Å²) in [7, 11) is -3.63. The molecule has 0 saturated heterocycles. The van der Waals surface area contributed by atoms with Gasteiger partial charge in [-0.1, -0.05) is 56.3 Å². The Morgan fingerprint density at radius 3 is 1.96 bits per heavy atom. The zero-order valence-corrected chi connectivity index (χ0v) is 14.0. The van der Waals surface area contributed by atoms with E-state index in [-0.39, 0.29) is 16.6 Å². The first-order chi connectivity index (χ1) is 10.8. The highest BCUT2D eigenvalue weighted by molar-refractivity contribution is 7.91. The van der Waals surface area contributed by atoms with Gasteiger partial charge in [-0.25, -0.2) is 8.42 Å². The molecule has 0 amide bonds. The maximum absolute atomic E-state index is 12.4. The average molecular weight is 332 g/mol. The van der Waals surface area contributed by atoms with Gasteiger partial charge in [0.15, 0.2) is 9.84 Å². The molecule has 0 fully saturated rings. The maximum atomic E-state index is 12.4. The number of carbonyl (C=O) groups is 1. The van der Waals surface area contributed by atoms with Crippen molar-refractivity contribution in [3.8, 4) is 11.1 Å². The number of aliphatic carboxylic acids is 1. The van der Waals surface area contributed by atoms with Crippen molar-refractivity contribution in [2.45, 2.75) is 18.7 Å². The molecular weight excluding hydrogens is 312 g/mol. The zero-order valence-electron chi connectivity index (χ0n) is 13.1. The molecule has 0 aliphatic heterocycles. The Kier molecular flexibility index (Phi) is 5.21. The Morgan fingerprint density at radius 1 is 0.957 bits per heavy atom. The Balaban J connectivity index is 2.26. The van der Waals surface area contributed by atoms with Crippen molar-refractivity contribution in [3.63, 3.8) is 0 Å². The molecule has 1 unspecified atom stereocenters. The van der Waals surface area contributed by atoms with Gasteiger partial charge in [-0.2, -0.15) is 0 Å². The normalized spacial score (nSPS) is 13.0. The summed E-state index contributed by atoms with van der Waals surface area (Å²) in [6.07, 6.45) is 0. The van der Waals surface area contributed by atoms with Crippen molar-refractivity contribution in [2.75, 3.05) is 5.75 Å². The van der Waals surface area contributed by atoms with Crippen LogP contribution >= 0.6 is 0 Å². The average Bonchev–Trinajstić information content (AvgIpc) is 2.53. The van der Waals surface area contributed by atoms with Crippen molar-refractivity contribution >= 4 is 15.8 Å². The monoisotopic (exact) mass is 332 g/mol. The lowest BCUT2D eigenvalue weighted by atomic mass is 9.98. The van der Waals surface area contributed by atoms with Crippen LogP contribution in [0.1, 0.15) is 13.8 Å². The fourth-order valence-corrected chi connectivity index (χ4v) is 4.11. The van der Waals surface area contributed by atoms with Crippen LogP contribution < -0.4 is 0 Å². The van der Waals surface area contributed by atoms with Gasteiger partial charge in [-0.05, 0) is 29.2 Å². The van der Waals surface area contributed by atoms with E-state index in [1.165, 1.54) is 12.1 Å². The van der Waals surface area contributed by atoms with Gasteiger partial charge < -0.3 is 5.11 Å². The van der Waals surface area contributed by atoms with Gasteiger partial charge in [0.2, 0.25) is 0 Å². The summed E-state index contributed by atoms with van der Waals surface area (Å²) < 4.78 is 24.9. The highest BCUT2D eigenvalue weighted by atomic mass is 32.2. The van der Waals surface area contributed by atoms with Crippen LogP contribution in [0.4, 0.5) is 0 Å². The Hall–Kier alpha value is -2.14. The number of rotatable bonds is 6. The summed E-state index contributed by atoms with van der Waals surface area (Å²) in [6, 6.07) is 16.2. The van der Waals surface area contributed by atoms with Crippen LogP contribution in [0.15, 0.2) is 59.5 Å². The van der Waals surface area contributed by atoms with E-state index in [1.807, 2.05) is 30.3 Å². The van der Waals surface area contributed by atoms with Crippen molar-refractivity contribution in [1.29, 1.82) is 0 Å². The SMILES string of the molecule is CC(C)C(CS(=O)(=O)c1ccc(-c2ccccc2)cc1)C(=O)O. The second-order valence-electron chi connectivity index (χ2n) is 5.86. The van der Waals surface area contributed by atoms with Crippen molar-refractivity contribution in [3.05, 3.63) is 54.6 Å². The smallest absolute Gasteiger partial charge is 0.307 e. The first kappa shape index (κ1) is 17.2. The summed E-state index contributed by atoms with van der Waals surface area (Å²) in [5.74, 6) is -2.62. The maximum Gasteiger partial charge on any atom is 0.307 e. The third-order valence-corrected chi connectivity index (χ3v) is 5.63. The van der Waals surface area contributed by atoms with E-state index < -0.39 is 21.7 Å². The Labute approximate surface area is 136 Å². The number of hydrogen-bond donors (Lipinski definition) is 1. The predicted molar refractivity (Wildman–Crippen MR) is 89.9 cm³/mol. The molecule has 122 valence electrons. The minimum Gasteiger partial charge on any atom is -0.481 e. The summed E-state index contributed by atoms with van der Waals surface area (Å²) in [4.78, 5) is 11.4. The van der Waals surface area contributed by atoms with Crippen LogP contribution in [0, 0.1) is 11.8 Å². The molecule has 0 aliphatic rings. The van der Waals surface area contributed by atoms with Gasteiger partial charge in [0.05, 0.1) is 16.6 Å². The summed E-state index contributed by atoms with van der Waals surface area (Å²) in [5, 5.41) is 9.18. The van der Waals surface area contributed by atoms with E-state index in [0.717, 1.165) is 11.1 Å². The number of hydrogen-bond acceptors (Lipinski definition) is 3. The van der Waals surface area contributed by atoms with Crippen LogP contribution in [0.2, 0.25) is 0 Å². The second kappa shape index (κ2) is 6.96. The molecule has 0 spiro atoms. The molecule has 2 aromatic rings. The lowest BCUT2D eigenvalue weighted by molar-refractivity contribution is -0.142. The number of carboxylic acids is 1. The van der Waals surface area contributed by atoms with E-state index in [2.05, 4.69) is 0 Å². The standard InChI is InChI=1S/C18H20O4S/c1-13(2)17(18(19)20)12-23(21,22)16-10-8-15(9-11-16)14-6-4-3-5-7-14/h3-11,13,17H,12H2,1-2H3,(H,19,20). The highest BCUT2D eigenvalue weighted by Crippen LogP contribution is 2.24. The number of carboxylic acid groups (broad SMARTS) is 1. The molecule has 1 N–H and O–H groups in total. The molecule has 0 aromatic heterocycles. The zero-order chi connectivity index (χ0) is 17.0. The second-order valence-corrected chi connectivity index (χ2v) is 7.89. The Bertz CT molecular complexity index is 762. The fourth-order valence-electron chi connectivity index (χ4n) is 2.37. The molecular formula is C18H20O4S. The summed E-state index contributed by atoms with van der Waals surface area (Å²) in [6.45, 7) is 3.43. The molecule has 4 nitrogen and oxygen atoms in total. The van der Waals surface area contributed by atoms with Crippen LogP contribution in [0.5, 0.6) is 0 Å². The van der Waals surface area contributed by atoms with Crippen LogP contribution in [-0.2, 0) is 14.6 Å². The molecule has 1 atom stereocenters. The highest BCUT2D eigenvalue weighted by Gasteiger charge is 2.29. The minimum atomic E-state index is -3.63. The first-order valence-corrected chi connectivity index (χ1v) is 9.07. The van der Waals surface area contributed by atoms with E-state index >= 15 is 0 Å². The van der Waals surface area contributed by atoms with Gasteiger partial charge in [0, 0.05) is 0 Å². The molecule has 0 bridgehead atoms. The minimum absolute atomic E-state index is 0.157. The van der Waals surface area contributed by atoms with Crippen LogP contribution in [-0.4, -0.2) is 25.2 Å². The molecule has 0 heterocycles. The fraction of sp³-hybridized carbons (Fsp3) is 0.278. The third-order valence-electron chi connectivity index (χ3n) is 3.84. The van der Waals surface area contributed by atoms with Crippen molar-refractivity contribution in [2.24, 2.45) is 11.8 Å². The first-order valence-electron chi connectivity index (χ1n) is 7.42. The lowest BCUT2D eigenvalue weighted by Crippen LogP contribution is -2.28. The van der Waals surface area contributed by atoms with Gasteiger partial charge in [-0.15, -0.1) is 0 Å². The molecule has 23 heavy (non-hydrogen) atoms. The third kappa shape index (κ3) is 4.20. The van der Waals surface area contributed by atoms with E-state index in [0.29, 0.717) is 0 Å². The molecule has 0 aliphatic carbocycles. The topological polar surface area (TPSA) is 71.4 Å². The quantitative estimate of drug-likeness (QED) is 0.879. The lowest BCUT2D eigenvalue weighted by Gasteiger charge is -2.16. The molecule has 0 radical (unpaired) electrons. The molecule has 5 heteroatoms. The largest absolute Gasteiger partial charge is 0.481 e.